The van der Waals surface area contributed by atoms with E-state index in [2.05, 4.69) is 26.1 Å². The van der Waals surface area contributed by atoms with Crippen molar-refractivity contribution in [1.82, 2.24) is 5.32 Å². The Morgan fingerprint density at radius 1 is 1.11 bits per heavy atom. The first-order chi connectivity index (χ1) is 8.72. The minimum absolute atomic E-state index is 0.0861. The van der Waals surface area contributed by atoms with Crippen LogP contribution in [0.5, 0.6) is 0 Å². The van der Waals surface area contributed by atoms with E-state index in [1.807, 2.05) is 12.1 Å². The average Bonchev–Trinajstić information content (AvgIpc) is 2.40. The second kappa shape index (κ2) is 8.25. The Morgan fingerprint density at radius 3 is 2.33 bits per heavy atom. The van der Waals surface area contributed by atoms with E-state index in [4.69, 9.17) is 0 Å². The normalized spacial score (nSPS) is 12.9. The van der Waals surface area contributed by atoms with Crippen LogP contribution < -0.4 is 5.32 Å². The highest BCUT2D eigenvalue weighted by Gasteiger charge is 2.18. The molecule has 0 aliphatic rings. The van der Waals surface area contributed by atoms with Gasteiger partial charge in [-0.1, -0.05) is 51.8 Å². The van der Waals surface area contributed by atoms with Crippen molar-refractivity contribution in [2.45, 2.75) is 52.5 Å². The molecule has 1 rings (SSSR count). The zero-order valence-corrected chi connectivity index (χ0v) is 11.9. The van der Waals surface area contributed by atoms with Crippen molar-refractivity contribution in [3.8, 4) is 0 Å². The lowest BCUT2D eigenvalue weighted by Crippen LogP contribution is -2.25. The lowest BCUT2D eigenvalue weighted by Gasteiger charge is -2.24. The molecule has 0 saturated carbocycles. The smallest absolute Gasteiger partial charge is 0.127 e. The molecule has 1 aromatic carbocycles. The van der Waals surface area contributed by atoms with Crippen molar-refractivity contribution in [2.75, 3.05) is 6.54 Å². The Labute approximate surface area is 111 Å². The summed E-state index contributed by atoms with van der Waals surface area (Å²) in [6.07, 6.45) is 4.42. The maximum absolute atomic E-state index is 13.9. The lowest BCUT2D eigenvalue weighted by atomic mass is 9.91. The summed E-state index contributed by atoms with van der Waals surface area (Å²) < 4.78 is 13.9. The maximum Gasteiger partial charge on any atom is 0.127 e. The van der Waals surface area contributed by atoms with Gasteiger partial charge in [0.25, 0.3) is 0 Å². The highest BCUT2D eigenvalue weighted by atomic mass is 19.1. The van der Waals surface area contributed by atoms with Crippen LogP contribution in [0, 0.1) is 11.7 Å². The monoisotopic (exact) mass is 251 g/mol. The van der Waals surface area contributed by atoms with Crippen LogP contribution >= 0.6 is 0 Å². The van der Waals surface area contributed by atoms with Crippen molar-refractivity contribution < 1.29 is 4.39 Å². The zero-order chi connectivity index (χ0) is 13.4. The Kier molecular flexibility index (Phi) is 6.96. The van der Waals surface area contributed by atoms with E-state index in [-0.39, 0.29) is 11.9 Å². The molecule has 0 radical (unpaired) electrons. The van der Waals surface area contributed by atoms with E-state index < -0.39 is 0 Å². The van der Waals surface area contributed by atoms with E-state index in [0.717, 1.165) is 37.8 Å². The van der Waals surface area contributed by atoms with E-state index >= 15 is 0 Å². The number of rotatable bonds is 8. The summed E-state index contributed by atoms with van der Waals surface area (Å²) in [5.41, 5.74) is 0.817. The van der Waals surface area contributed by atoms with Gasteiger partial charge in [0.1, 0.15) is 5.82 Å². The van der Waals surface area contributed by atoms with Crippen molar-refractivity contribution >= 4 is 0 Å². The number of hydrogen-bond donors (Lipinski definition) is 1. The fourth-order valence-electron chi connectivity index (χ4n) is 2.35. The van der Waals surface area contributed by atoms with Gasteiger partial charge in [-0.2, -0.15) is 0 Å². The molecule has 1 unspecified atom stereocenters. The van der Waals surface area contributed by atoms with Crippen molar-refractivity contribution in [1.29, 1.82) is 0 Å². The summed E-state index contributed by atoms with van der Waals surface area (Å²) in [5, 5.41) is 3.49. The highest BCUT2D eigenvalue weighted by Crippen LogP contribution is 2.26. The topological polar surface area (TPSA) is 12.0 Å². The van der Waals surface area contributed by atoms with E-state index in [1.165, 1.54) is 0 Å². The summed E-state index contributed by atoms with van der Waals surface area (Å²) in [5.74, 6) is 0.580. The lowest BCUT2D eigenvalue weighted by molar-refractivity contribution is 0.364. The van der Waals surface area contributed by atoms with Crippen LogP contribution in [0.2, 0.25) is 0 Å². The van der Waals surface area contributed by atoms with Crippen LogP contribution in [0.15, 0.2) is 24.3 Å². The summed E-state index contributed by atoms with van der Waals surface area (Å²) in [6, 6.07) is 7.29. The quantitative estimate of drug-likeness (QED) is 0.706. The fraction of sp³-hybridized carbons (Fsp3) is 0.625. The molecular weight excluding hydrogens is 225 g/mol. The third kappa shape index (κ3) is 4.41. The highest BCUT2D eigenvalue weighted by molar-refractivity contribution is 5.21. The SMILES string of the molecule is CCCNC(CC(CC)CC)c1ccccc1F. The molecule has 1 nitrogen and oxygen atoms in total. The number of hydrogen-bond acceptors (Lipinski definition) is 1. The standard InChI is InChI=1S/C16H26FN/c1-4-11-18-16(12-13(5-2)6-3)14-9-7-8-10-15(14)17/h7-10,13,16,18H,4-6,11-12H2,1-3H3. The zero-order valence-electron chi connectivity index (χ0n) is 11.9. The molecule has 0 aromatic heterocycles. The van der Waals surface area contributed by atoms with Crippen LogP contribution in [0.1, 0.15) is 58.1 Å². The first-order valence-electron chi connectivity index (χ1n) is 7.20. The van der Waals surface area contributed by atoms with Gasteiger partial charge in [0, 0.05) is 11.6 Å². The van der Waals surface area contributed by atoms with Gasteiger partial charge in [-0.05, 0) is 31.4 Å². The largest absolute Gasteiger partial charge is 0.310 e. The first-order valence-corrected chi connectivity index (χ1v) is 7.20. The van der Waals surface area contributed by atoms with Crippen molar-refractivity contribution in [3.63, 3.8) is 0 Å². The van der Waals surface area contributed by atoms with Crippen LogP contribution in [0.3, 0.4) is 0 Å². The minimum atomic E-state index is -0.0861. The molecular formula is C16H26FN. The summed E-state index contributed by atoms with van der Waals surface area (Å²) >= 11 is 0. The van der Waals surface area contributed by atoms with Gasteiger partial charge in [0.15, 0.2) is 0 Å². The molecule has 0 saturated heterocycles. The van der Waals surface area contributed by atoms with E-state index in [9.17, 15) is 4.39 Å². The average molecular weight is 251 g/mol. The summed E-state index contributed by atoms with van der Waals surface area (Å²) in [6.45, 7) is 7.51. The van der Waals surface area contributed by atoms with Crippen LogP contribution in [0.25, 0.3) is 0 Å². The van der Waals surface area contributed by atoms with Gasteiger partial charge < -0.3 is 5.32 Å². The Bertz CT molecular complexity index is 334. The molecule has 102 valence electrons. The third-order valence-electron chi connectivity index (χ3n) is 3.65. The second-order valence-corrected chi connectivity index (χ2v) is 4.95. The predicted molar refractivity (Wildman–Crippen MR) is 76.1 cm³/mol. The van der Waals surface area contributed by atoms with Crippen LogP contribution in [-0.2, 0) is 0 Å². The molecule has 2 heteroatoms. The summed E-state index contributed by atoms with van der Waals surface area (Å²) in [7, 11) is 0. The van der Waals surface area contributed by atoms with Gasteiger partial charge in [0.2, 0.25) is 0 Å². The van der Waals surface area contributed by atoms with Crippen LogP contribution in [-0.4, -0.2) is 6.54 Å². The van der Waals surface area contributed by atoms with E-state index in [0.29, 0.717) is 5.92 Å². The first kappa shape index (κ1) is 15.2. The van der Waals surface area contributed by atoms with Gasteiger partial charge in [-0.15, -0.1) is 0 Å². The van der Waals surface area contributed by atoms with E-state index in [1.54, 1.807) is 12.1 Å². The molecule has 0 bridgehead atoms. The van der Waals surface area contributed by atoms with Crippen molar-refractivity contribution in [3.05, 3.63) is 35.6 Å². The fourth-order valence-corrected chi connectivity index (χ4v) is 2.35. The number of halogens is 1. The minimum Gasteiger partial charge on any atom is -0.310 e. The molecule has 1 atom stereocenters. The van der Waals surface area contributed by atoms with Crippen LogP contribution in [0.4, 0.5) is 4.39 Å². The number of nitrogens with one attached hydrogen (secondary N) is 1. The maximum atomic E-state index is 13.9. The Hall–Kier alpha value is -0.890. The van der Waals surface area contributed by atoms with Crippen molar-refractivity contribution in [2.24, 2.45) is 5.92 Å². The molecule has 1 N–H and O–H groups in total. The molecule has 1 aromatic rings. The molecule has 0 spiro atoms. The third-order valence-corrected chi connectivity index (χ3v) is 3.65. The molecule has 0 aliphatic carbocycles. The molecule has 0 fully saturated rings. The van der Waals surface area contributed by atoms with Gasteiger partial charge >= 0.3 is 0 Å². The predicted octanol–water partition coefficient (Wildman–Crippen LogP) is 4.69. The second-order valence-electron chi connectivity index (χ2n) is 4.95. The molecule has 0 aliphatic heterocycles. The molecule has 18 heavy (non-hydrogen) atoms. The Balaban J connectivity index is 2.80. The summed E-state index contributed by atoms with van der Waals surface area (Å²) in [4.78, 5) is 0. The van der Waals surface area contributed by atoms with Gasteiger partial charge in [-0.3, -0.25) is 0 Å². The Morgan fingerprint density at radius 2 is 1.78 bits per heavy atom. The number of benzene rings is 1. The molecule has 0 heterocycles. The van der Waals surface area contributed by atoms with Gasteiger partial charge in [-0.25, -0.2) is 4.39 Å². The van der Waals surface area contributed by atoms with Gasteiger partial charge in [0.05, 0.1) is 0 Å². The molecule has 0 amide bonds.